The lowest BCUT2D eigenvalue weighted by atomic mass is 10.1. The highest BCUT2D eigenvalue weighted by atomic mass is 35.5. The van der Waals surface area contributed by atoms with Gasteiger partial charge in [0.05, 0.1) is 19.1 Å². The van der Waals surface area contributed by atoms with E-state index in [4.69, 9.17) is 16.3 Å². The molecule has 1 aromatic carbocycles. The van der Waals surface area contributed by atoms with E-state index in [1.165, 1.54) is 0 Å². The molecule has 0 aliphatic carbocycles. The molecule has 0 saturated carbocycles. The number of ether oxygens (including phenoxy) is 1. The average molecular weight is 319 g/mol. The standard InChI is InChI=1S/C17H19ClN2O2/c18-13-4-5-16-15(9-13)12(11-20-16)6-7-19-17(21)10-14-3-1-2-8-22-14/h1-2,4-5,9,11,14,20H,3,6-8,10H2,(H,19,21). The number of benzene rings is 1. The Balaban J connectivity index is 1.50. The van der Waals surface area contributed by atoms with Gasteiger partial charge in [0.25, 0.3) is 0 Å². The van der Waals surface area contributed by atoms with Crippen molar-refractivity contribution in [3.63, 3.8) is 0 Å². The smallest absolute Gasteiger partial charge is 0.222 e. The van der Waals surface area contributed by atoms with Gasteiger partial charge in [-0.3, -0.25) is 4.79 Å². The van der Waals surface area contributed by atoms with Crippen molar-refractivity contribution in [3.8, 4) is 0 Å². The second-order valence-electron chi connectivity index (χ2n) is 5.47. The summed E-state index contributed by atoms with van der Waals surface area (Å²) in [7, 11) is 0. The number of fused-ring (bicyclic) bond motifs is 1. The van der Waals surface area contributed by atoms with Gasteiger partial charge in [-0.25, -0.2) is 0 Å². The fourth-order valence-corrected chi connectivity index (χ4v) is 2.86. The molecule has 2 N–H and O–H groups in total. The zero-order valence-electron chi connectivity index (χ0n) is 12.3. The third kappa shape index (κ3) is 3.70. The zero-order valence-corrected chi connectivity index (χ0v) is 13.0. The summed E-state index contributed by atoms with van der Waals surface area (Å²) in [6, 6.07) is 5.78. The normalized spacial score (nSPS) is 17.8. The third-order valence-electron chi connectivity index (χ3n) is 3.85. The van der Waals surface area contributed by atoms with Crippen molar-refractivity contribution in [2.45, 2.75) is 25.4 Å². The van der Waals surface area contributed by atoms with E-state index in [2.05, 4.69) is 16.4 Å². The van der Waals surface area contributed by atoms with Crippen LogP contribution in [0.3, 0.4) is 0 Å². The first kappa shape index (κ1) is 15.1. The monoisotopic (exact) mass is 318 g/mol. The molecule has 1 amide bonds. The topological polar surface area (TPSA) is 54.1 Å². The number of aromatic nitrogens is 1. The Morgan fingerprint density at radius 3 is 3.14 bits per heavy atom. The first-order valence-electron chi connectivity index (χ1n) is 7.51. The highest BCUT2D eigenvalue weighted by molar-refractivity contribution is 6.31. The maximum Gasteiger partial charge on any atom is 0.222 e. The molecule has 1 unspecified atom stereocenters. The molecule has 4 nitrogen and oxygen atoms in total. The highest BCUT2D eigenvalue weighted by Crippen LogP contribution is 2.22. The molecule has 1 atom stereocenters. The van der Waals surface area contributed by atoms with Crippen LogP contribution in [0.4, 0.5) is 0 Å². The number of carbonyl (C=O) groups is 1. The predicted octanol–water partition coefficient (Wildman–Crippen LogP) is 3.22. The van der Waals surface area contributed by atoms with Gasteiger partial charge in [0.2, 0.25) is 5.91 Å². The summed E-state index contributed by atoms with van der Waals surface area (Å²) in [5.41, 5.74) is 2.22. The molecule has 2 heterocycles. The van der Waals surface area contributed by atoms with Crippen LogP contribution < -0.4 is 5.32 Å². The highest BCUT2D eigenvalue weighted by Gasteiger charge is 2.14. The summed E-state index contributed by atoms with van der Waals surface area (Å²) in [4.78, 5) is 15.1. The minimum atomic E-state index is 0.0110. The summed E-state index contributed by atoms with van der Waals surface area (Å²) in [6.07, 6.45) is 8.04. The van der Waals surface area contributed by atoms with Crippen molar-refractivity contribution in [2.75, 3.05) is 13.2 Å². The number of halogens is 1. The Kier molecular flexibility index (Phi) is 4.80. The summed E-state index contributed by atoms with van der Waals surface area (Å²) in [5, 5.41) is 4.79. The number of aromatic amines is 1. The van der Waals surface area contributed by atoms with E-state index in [-0.39, 0.29) is 12.0 Å². The average Bonchev–Trinajstić information content (AvgIpc) is 2.91. The van der Waals surface area contributed by atoms with Crippen LogP contribution in [0, 0.1) is 0 Å². The molecule has 0 bridgehead atoms. The molecule has 0 fully saturated rings. The number of rotatable bonds is 5. The van der Waals surface area contributed by atoms with Gasteiger partial charge in [-0.2, -0.15) is 0 Å². The van der Waals surface area contributed by atoms with Gasteiger partial charge >= 0.3 is 0 Å². The number of nitrogens with one attached hydrogen (secondary N) is 2. The quantitative estimate of drug-likeness (QED) is 0.832. The Morgan fingerprint density at radius 2 is 2.32 bits per heavy atom. The van der Waals surface area contributed by atoms with Crippen molar-refractivity contribution in [1.82, 2.24) is 10.3 Å². The number of H-pyrrole nitrogens is 1. The van der Waals surface area contributed by atoms with Crippen LogP contribution in [0.5, 0.6) is 0 Å². The Labute approximate surface area is 134 Å². The van der Waals surface area contributed by atoms with Gasteiger partial charge in [0.1, 0.15) is 0 Å². The SMILES string of the molecule is O=C(CC1CC=CCO1)NCCc1c[nH]c2ccc(Cl)cc12. The molecular weight excluding hydrogens is 300 g/mol. The van der Waals surface area contributed by atoms with E-state index >= 15 is 0 Å². The van der Waals surface area contributed by atoms with Crippen molar-refractivity contribution < 1.29 is 9.53 Å². The third-order valence-corrected chi connectivity index (χ3v) is 4.09. The minimum Gasteiger partial charge on any atom is -0.373 e. The number of hydrogen-bond acceptors (Lipinski definition) is 2. The molecular formula is C17H19ClN2O2. The van der Waals surface area contributed by atoms with Crippen LogP contribution in [0.2, 0.25) is 5.02 Å². The van der Waals surface area contributed by atoms with Gasteiger partial charge in [-0.1, -0.05) is 23.8 Å². The van der Waals surface area contributed by atoms with Crippen molar-refractivity contribution in [2.24, 2.45) is 0 Å². The summed E-state index contributed by atoms with van der Waals surface area (Å²) in [5.74, 6) is 0.0400. The molecule has 116 valence electrons. The van der Waals surface area contributed by atoms with Crippen LogP contribution in [-0.4, -0.2) is 30.1 Å². The Morgan fingerprint density at radius 1 is 1.41 bits per heavy atom. The summed E-state index contributed by atoms with van der Waals surface area (Å²) < 4.78 is 5.50. The Bertz CT molecular complexity index is 693. The molecule has 0 spiro atoms. The van der Waals surface area contributed by atoms with Crippen LogP contribution in [0.1, 0.15) is 18.4 Å². The van der Waals surface area contributed by atoms with Gasteiger partial charge < -0.3 is 15.0 Å². The molecule has 1 aromatic heterocycles. The zero-order chi connectivity index (χ0) is 15.4. The lowest BCUT2D eigenvalue weighted by Crippen LogP contribution is -2.30. The van der Waals surface area contributed by atoms with Gasteiger partial charge in [-0.05, 0) is 36.6 Å². The minimum absolute atomic E-state index is 0.0110. The molecule has 0 radical (unpaired) electrons. The molecule has 1 aliphatic heterocycles. The predicted molar refractivity (Wildman–Crippen MR) is 88.1 cm³/mol. The molecule has 5 heteroatoms. The molecule has 1 aliphatic rings. The van der Waals surface area contributed by atoms with Gasteiger partial charge in [-0.15, -0.1) is 0 Å². The van der Waals surface area contributed by atoms with Crippen molar-refractivity contribution in [3.05, 3.63) is 47.1 Å². The van der Waals surface area contributed by atoms with E-state index in [0.29, 0.717) is 19.6 Å². The van der Waals surface area contributed by atoms with E-state index < -0.39 is 0 Å². The first-order chi connectivity index (χ1) is 10.7. The second-order valence-corrected chi connectivity index (χ2v) is 5.91. The van der Waals surface area contributed by atoms with Crippen LogP contribution >= 0.6 is 11.6 Å². The van der Waals surface area contributed by atoms with Crippen LogP contribution in [-0.2, 0) is 16.0 Å². The molecule has 22 heavy (non-hydrogen) atoms. The van der Waals surface area contributed by atoms with Crippen LogP contribution in [0.15, 0.2) is 36.5 Å². The van der Waals surface area contributed by atoms with E-state index in [1.54, 1.807) is 0 Å². The summed E-state index contributed by atoms with van der Waals surface area (Å²) in [6.45, 7) is 1.22. The fourth-order valence-electron chi connectivity index (χ4n) is 2.69. The number of hydrogen-bond donors (Lipinski definition) is 2. The lowest BCUT2D eigenvalue weighted by Gasteiger charge is -2.18. The Hall–Kier alpha value is -1.78. The van der Waals surface area contributed by atoms with Crippen molar-refractivity contribution >= 4 is 28.4 Å². The van der Waals surface area contributed by atoms with Gasteiger partial charge in [0, 0.05) is 28.7 Å². The first-order valence-corrected chi connectivity index (χ1v) is 7.89. The molecule has 3 rings (SSSR count). The van der Waals surface area contributed by atoms with Crippen molar-refractivity contribution in [1.29, 1.82) is 0 Å². The molecule has 2 aromatic rings. The summed E-state index contributed by atoms with van der Waals surface area (Å²) >= 11 is 6.04. The van der Waals surface area contributed by atoms with E-state index in [0.717, 1.165) is 34.3 Å². The molecule has 0 saturated heterocycles. The second kappa shape index (κ2) is 6.99. The fraction of sp³-hybridized carbons (Fsp3) is 0.353. The largest absolute Gasteiger partial charge is 0.373 e. The lowest BCUT2D eigenvalue weighted by molar-refractivity contribution is -0.123. The van der Waals surface area contributed by atoms with E-state index in [9.17, 15) is 4.79 Å². The maximum atomic E-state index is 11.9. The van der Waals surface area contributed by atoms with Gasteiger partial charge in [0.15, 0.2) is 0 Å². The van der Waals surface area contributed by atoms with E-state index in [1.807, 2.05) is 30.5 Å². The number of amides is 1. The number of carbonyl (C=O) groups excluding carboxylic acids is 1. The maximum absolute atomic E-state index is 11.9. The van der Waals surface area contributed by atoms with Crippen LogP contribution in [0.25, 0.3) is 10.9 Å².